The fourth-order valence-corrected chi connectivity index (χ4v) is 2.99. The summed E-state index contributed by atoms with van der Waals surface area (Å²) in [5.41, 5.74) is -1.37. The van der Waals surface area contributed by atoms with Crippen LogP contribution in [-0.4, -0.2) is 26.5 Å². The minimum absolute atomic E-state index is 0.0194. The van der Waals surface area contributed by atoms with Crippen molar-refractivity contribution in [2.45, 2.75) is 19.5 Å². The van der Waals surface area contributed by atoms with Gasteiger partial charge in [-0.15, -0.1) is 0 Å². The monoisotopic (exact) mass is 320 g/mol. The molecular weight excluding hydrogens is 305 g/mol. The number of anilines is 1. The van der Waals surface area contributed by atoms with Gasteiger partial charge in [-0.2, -0.15) is 18.4 Å². The molecular formula is C13H15F3N2O2S. The van der Waals surface area contributed by atoms with Crippen LogP contribution in [0.5, 0.6) is 0 Å². The molecule has 1 rings (SSSR count). The number of rotatable bonds is 6. The third-order valence-electron chi connectivity index (χ3n) is 2.70. The van der Waals surface area contributed by atoms with Crippen molar-refractivity contribution in [3.05, 3.63) is 29.3 Å². The molecule has 0 radical (unpaired) electrons. The van der Waals surface area contributed by atoms with Crippen molar-refractivity contribution in [3.8, 4) is 6.07 Å². The number of nitriles is 1. The number of nitrogens with one attached hydrogen (secondary N) is 1. The molecule has 8 heteroatoms. The zero-order valence-electron chi connectivity index (χ0n) is 11.4. The largest absolute Gasteiger partial charge is 0.417 e. The van der Waals surface area contributed by atoms with Crippen LogP contribution in [0.3, 0.4) is 0 Å². The zero-order chi connectivity index (χ0) is 16.1. The molecule has 0 amide bonds. The second-order valence-electron chi connectivity index (χ2n) is 4.45. The highest BCUT2D eigenvalue weighted by Crippen LogP contribution is 2.33. The summed E-state index contributed by atoms with van der Waals surface area (Å²) >= 11 is 0. The Labute approximate surface area is 121 Å². The Morgan fingerprint density at radius 2 is 1.95 bits per heavy atom. The number of halogens is 3. The first-order chi connectivity index (χ1) is 9.69. The number of benzene rings is 1. The second kappa shape index (κ2) is 6.80. The molecule has 0 saturated heterocycles. The predicted molar refractivity (Wildman–Crippen MR) is 73.6 cm³/mol. The van der Waals surface area contributed by atoms with Crippen molar-refractivity contribution in [2.24, 2.45) is 0 Å². The zero-order valence-corrected chi connectivity index (χ0v) is 12.2. The number of sulfone groups is 1. The van der Waals surface area contributed by atoms with Gasteiger partial charge in [0.05, 0.1) is 22.9 Å². The Balaban J connectivity index is 2.81. The summed E-state index contributed by atoms with van der Waals surface area (Å²) in [6, 6.07) is 4.67. The highest BCUT2D eigenvalue weighted by molar-refractivity contribution is 7.91. The van der Waals surface area contributed by atoms with E-state index in [1.807, 2.05) is 0 Å². The average molecular weight is 320 g/mol. The molecule has 0 atom stereocenters. The van der Waals surface area contributed by atoms with E-state index in [1.165, 1.54) is 12.1 Å². The average Bonchev–Trinajstić information content (AvgIpc) is 2.37. The fraction of sp³-hybridized carbons (Fsp3) is 0.462. The first-order valence-electron chi connectivity index (χ1n) is 6.25. The van der Waals surface area contributed by atoms with Gasteiger partial charge in [-0.3, -0.25) is 0 Å². The highest BCUT2D eigenvalue weighted by Gasteiger charge is 2.33. The van der Waals surface area contributed by atoms with E-state index in [2.05, 4.69) is 5.32 Å². The van der Waals surface area contributed by atoms with Gasteiger partial charge in [-0.1, -0.05) is 6.92 Å². The smallest absolute Gasteiger partial charge is 0.384 e. The van der Waals surface area contributed by atoms with Crippen LogP contribution in [0.1, 0.15) is 24.5 Å². The summed E-state index contributed by atoms with van der Waals surface area (Å²) < 4.78 is 61.2. The Hall–Kier alpha value is -1.75. The van der Waals surface area contributed by atoms with Crippen LogP contribution in [0.2, 0.25) is 0 Å². The summed E-state index contributed by atoms with van der Waals surface area (Å²) in [5.74, 6) is -0.0992. The van der Waals surface area contributed by atoms with Gasteiger partial charge >= 0.3 is 6.18 Å². The van der Waals surface area contributed by atoms with E-state index in [4.69, 9.17) is 5.26 Å². The van der Waals surface area contributed by atoms with Gasteiger partial charge in [-0.05, 0) is 24.6 Å². The van der Waals surface area contributed by atoms with Gasteiger partial charge in [-0.25, -0.2) is 8.42 Å². The molecule has 1 N–H and O–H groups in total. The van der Waals surface area contributed by atoms with Gasteiger partial charge in [0.2, 0.25) is 0 Å². The van der Waals surface area contributed by atoms with E-state index >= 15 is 0 Å². The molecule has 21 heavy (non-hydrogen) atoms. The van der Waals surface area contributed by atoms with Gasteiger partial charge in [0.25, 0.3) is 0 Å². The Bertz CT molecular complexity index is 634. The predicted octanol–water partition coefficient (Wildman–Crippen LogP) is 2.81. The van der Waals surface area contributed by atoms with E-state index in [9.17, 15) is 21.6 Å². The number of hydrogen-bond donors (Lipinski definition) is 1. The molecule has 0 bridgehead atoms. The summed E-state index contributed by atoms with van der Waals surface area (Å²) in [5, 5.41) is 11.3. The molecule has 0 aliphatic heterocycles. The lowest BCUT2D eigenvalue weighted by Gasteiger charge is -2.12. The molecule has 1 aromatic carbocycles. The van der Waals surface area contributed by atoms with Crippen LogP contribution in [0.15, 0.2) is 18.2 Å². The van der Waals surface area contributed by atoms with E-state index in [0.29, 0.717) is 6.42 Å². The van der Waals surface area contributed by atoms with Crippen LogP contribution in [0, 0.1) is 11.3 Å². The number of nitrogens with zero attached hydrogens (tertiary/aromatic N) is 1. The van der Waals surface area contributed by atoms with Crippen LogP contribution in [0.4, 0.5) is 18.9 Å². The van der Waals surface area contributed by atoms with Crippen molar-refractivity contribution in [1.82, 2.24) is 0 Å². The first-order valence-corrected chi connectivity index (χ1v) is 8.07. The van der Waals surface area contributed by atoms with Gasteiger partial charge in [0.15, 0.2) is 9.84 Å². The Morgan fingerprint density at radius 1 is 1.29 bits per heavy atom. The molecule has 0 aliphatic carbocycles. The third-order valence-corrected chi connectivity index (χ3v) is 4.56. The minimum atomic E-state index is -4.63. The molecule has 0 unspecified atom stereocenters. The maximum absolute atomic E-state index is 12.8. The molecule has 0 aliphatic rings. The highest BCUT2D eigenvalue weighted by atomic mass is 32.2. The van der Waals surface area contributed by atoms with E-state index in [1.54, 1.807) is 6.92 Å². The van der Waals surface area contributed by atoms with Crippen LogP contribution in [-0.2, 0) is 16.0 Å². The van der Waals surface area contributed by atoms with Gasteiger partial charge < -0.3 is 5.32 Å². The molecule has 0 aromatic heterocycles. The summed E-state index contributed by atoms with van der Waals surface area (Å²) in [6.07, 6.45) is -4.13. The lowest BCUT2D eigenvalue weighted by molar-refractivity contribution is -0.137. The topological polar surface area (TPSA) is 70.0 Å². The SMILES string of the molecule is CCCS(=O)(=O)CCNc1ccc(C#N)c(C(F)(F)F)c1. The lowest BCUT2D eigenvalue weighted by Crippen LogP contribution is -2.18. The molecule has 1 aromatic rings. The Kier molecular flexibility index (Phi) is 5.61. The molecule has 0 fully saturated rings. The molecule has 0 heterocycles. The van der Waals surface area contributed by atoms with Gasteiger partial charge in [0.1, 0.15) is 0 Å². The van der Waals surface area contributed by atoms with E-state index < -0.39 is 27.1 Å². The summed E-state index contributed by atoms with van der Waals surface area (Å²) in [6.45, 7) is 1.76. The van der Waals surface area contributed by atoms with Crippen LogP contribution in [0.25, 0.3) is 0 Å². The first kappa shape index (κ1) is 17.3. The number of hydrogen-bond acceptors (Lipinski definition) is 4. The fourth-order valence-electron chi connectivity index (χ4n) is 1.75. The minimum Gasteiger partial charge on any atom is -0.384 e. The maximum Gasteiger partial charge on any atom is 0.417 e. The van der Waals surface area contributed by atoms with Crippen molar-refractivity contribution in [2.75, 3.05) is 23.4 Å². The van der Waals surface area contributed by atoms with E-state index in [-0.39, 0.29) is 23.7 Å². The van der Waals surface area contributed by atoms with Crippen molar-refractivity contribution in [3.63, 3.8) is 0 Å². The van der Waals surface area contributed by atoms with Crippen molar-refractivity contribution < 1.29 is 21.6 Å². The van der Waals surface area contributed by atoms with Crippen LogP contribution >= 0.6 is 0 Å². The molecule has 116 valence electrons. The second-order valence-corrected chi connectivity index (χ2v) is 6.75. The summed E-state index contributed by atoms with van der Waals surface area (Å²) in [7, 11) is -3.19. The quantitative estimate of drug-likeness (QED) is 0.875. The van der Waals surface area contributed by atoms with E-state index in [0.717, 1.165) is 12.1 Å². The lowest BCUT2D eigenvalue weighted by atomic mass is 10.1. The molecule has 4 nitrogen and oxygen atoms in total. The standard InChI is InChI=1S/C13H15F3N2O2S/c1-2-6-21(19,20)7-5-18-11-4-3-10(9-17)12(8-11)13(14,15)16/h3-4,8,18H,2,5-7H2,1H3. The number of alkyl halides is 3. The summed E-state index contributed by atoms with van der Waals surface area (Å²) in [4.78, 5) is 0. The molecule has 0 spiro atoms. The molecule has 0 saturated carbocycles. The van der Waals surface area contributed by atoms with Crippen LogP contribution < -0.4 is 5.32 Å². The van der Waals surface area contributed by atoms with Crippen molar-refractivity contribution in [1.29, 1.82) is 5.26 Å². The maximum atomic E-state index is 12.8. The third kappa shape index (κ3) is 5.27. The Morgan fingerprint density at radius 3 is 2.48 bits per heavy atom. The normalized spacial score (nSPS) is 12.0. The van der Waals surface area contributed by atoms with Crippen molar-refractivity contribution >= 4 is 15.5 Å². The van der Waals surface area contributed by atoms with Gasteiger partial charge in [0, 0.05) is 18.0 Å².